The normalized spacial score (nSPS) is 23.1. The largest absolute Gasteiger partial charge is 0.479 e. The van der Waals surface area contributed by atoms with Crippen molar-refractivity contribution in [2.24, 2.45) is 0 Å². The number of aromatic nitrogens is 2. The van der Waals surface area contributed by atoms with Gasteiger partial charge < -0.3 is 74.6 Å². The maximum Gasteiger partial charge on any atom is 0.407 e. The maximum absolute atomic E-state index is 15.5. The number of cyclic esters (lactones) is 1. The van der Waals surface area contributed by atoms with Crippen LogP contribution in [-0.2, 0) is 79.5 Å². The average molecular weight is 1110 g/mol. The van der Waals surface area contributed by atoms with Gasteiger partial charge in [0.2, 0.25) is 18.1 Å². The number of ether oxygens (including phenoxy) is 5. The number of halogens is 1. The number of fused-ring (bicyclic) bond motifs is 5. The third-order valence-electron chi connectivity index (χ3n) is 14.4. The smallest absolute Gasteiger partial charge is 0.407 e. The monoisotopic (exact) mass is 1110 g/mol. The first-order chi connectivity index (χ1) is 37.7. The molecule has 80 heavy (non-hydrogen) atoms. The Bertz CT molecular complexity index is 3390. The summed E-state index contributed by atoms with van der Waals surface area (Å²) in [6.07, 6.45) is -9.91. The number of hydrogen-bond donors (Lipinski definition) is 8. The molecule has 6 amide bonds. The number of aliphatic carboxylic acids is 1. The molecule has 3 unspecified atom stereocenters. The SMILES string of the molecule is CC[C@]1(O)C(=O)OCc2c1cc1n(c2=O)Cc2c-1nc1cc(F)c(C)c3c1c2[C@H](NC(=O)OCc1ccc(O[C@@H]2OC(C(=O)O)[C@H](O)C(O)C2O)c(NC(=O)CN(C)C(=O)[C@H](CNC(=O)OC(C)(C)C)N2C(=O)C=CC2=O)c1)CC3. The molecule has 424 valence electrons. The summed E-state index contributed by atoms with van der Waals surface area (Å²) < 4.78 is 44.2. The van der Waals surface area contributed by atoms with Crippen molar-refractivity contribution in [2.75, 3.05) is 25.5 Å². The number of aryl methyl sites for hydroxylation is 1. The number of hydrogen-bond acceptors (Lipinski definition) is 19. The molecule has 2 aromatic carbocycles. The van der Waals surface area contributed by atoms with E-state index in [2.05, 4.69) is 16.0 Å². The summed E-state index contributed by atoms with van der Waals surface area (Å²) >= 11 is 0. The van der Waals surface area contributed by atoms with Crippen LogP contribution in [0.1, 0.15) is 85.5 Å². The van der Waals surface area contributed by atoms with Crippen molar-refractivity contribution in [3.63, 3.8) is 0 Å². The van der Waals surface area contributed by atoms with Gasteiger partial charge in [0.25, 0.3) is 17.4 Å². The molecule has 4 aromatic rings. The highest BCUT2D eigenvalue weighted by molar-refractivity contribution is 6.15. The fraction of sp³-hybridized carbons (Fsp3) is 0.434. The van der Waals surface area contributed by atoms with Crippen molar-refractivity contribution in [3.8, 4) is 17.1 Å². The molecule has 0 radical (unpaired) electrons. The number of aliphatic hydroxyl groups is 4. The molecule has 26 nitrogen and oxygen atoms in total. The van der Waals surface area contributed by atoms with Crippen LogP contribution in [0.5, 0.6) is 5.75 Å². The van der Waals surface area contributed by atoms with Crippen molar-refractivity contribution in [3.05, 3.63) is 97.6 Å². The Hall–Kier alpha value is -8.37. The molecule has 6 heterocycles. The lowest BCUT2D eigenvalue weighted by molar-refractivity contribution is -0.271. The molecule has 1 aliphatic carbocycles. The van der Waals surface area contributed by atoms with E-state index in [1.165, 1.54) is 41.9 Å². The lowest BCUT2D eigenvalue weighted by atomic mass is 9.81. The second kappa shape index (κ2) is 21.4. The fourth-order valence-corrected chi connectivity index (χ4v) is 10.4. The van der Waals surface area contributed by atoms with E-state index in [-0.39, 0.29) is 71.0 Å². The maximum atomic E-state index is 15.5. The molecule has 0 saturated carbocycles. The predicted octanol–water partition coefficient (Wildman–Crippen LogP) is 0.927. The minimum Gasteiger partial charge on any atom is -0.479 e. The Labute approximate surface area is 453 Å². The Balaban J connectivity index is 0.972. The van der Waals surface area contributed by atoms with E-state index in [0.717, 1.165) is 17.1 Å². The van der Waals surface area contributed by atoms with E-state index in [4.69, 9.17) is 28.7 Å². The Kier molecular flexibility index (Phi) is 15.0. The summed E-state index contributed by atoms with van der Waals surface area (Å²) in [5, 5.41) is 61.0. The van der Waals surface area contributed by atoms with Crippen molar-refractivity contribution < 1.29 is 92.0 Å². The number of rotatable bonds is 14. The van der Waals surface area contributed by atoms with E-state index in [0.29, 0.717) is 39.0 Å². The van der Waals surface area contributed by atoms with Crippen molar-refractivity contribution in [2.45, 2.75) is 128 Å². The number of benzene rings is 2. The van der Waals surface area contributed by atoms with E-state index >= 15 is 4.39 Å². The van der Waals surface area contributed by atoms with Gasteiger partial charge in [-0.05, 0) is 87.4 Å². The van der Waals surface area contributed by atoms with Gasteiger partial charge in [0.1, 0.15) is 54.7 Å². The highest BCUT2D eigenvalue weighted by Crippen LogP contribution is 2.46. The van der Waals surface area contributed by atoms with Gasteiger partial charge in [-0.3, -0.25) is 28.9 Å². The molecular weight excluding hydrogens is 1060 g/mol. The zero-order chi connectivity index (χ0) is 58.0. The number of amides is 6. The first-order valence-corrected chi connectivity index (χ1v) is 25.2. The molecule has 2 aromatic heterocycles. The number of anilines is 1. The molecule has 4 aliphatic heterocycles. The zero-order valence-electron chi connectivity index (χ0n) is 43.9. The number of nitrogens with one attached hydrogen (secondary N) is 3. The highest BCUT2D eigenvalue weighted by atomic mass is 19.1. The van der Waals surface area contributed by atoms with E-state index in [1.54, 1.807) is 34.6 Å². The van der Waals surface area contributed by atoms with Crippen molar-refractivity contribution in [1.29, 1.82) is 0 Å². The number of esters is 1. The number of carboxylic acid groups (broad SMARTS) is 1. The van der Waals surface area contributed by atoms with Gasteiger partial charge in [0.05, 0.1) is 53.8 Å². The standard InChI is InChI=1S/C53H56FN7O19/c1-7-53(75)27-15-32-40-25(18-60(32)45(68)26(27)21-76-49(53)72)39-29(10-9-24-22(2)28(54)16-31(57-40)38(24)39)58-51(74)77-20-23-8-11-34(78-48-43(67)41(65)42(66)44(79-48)47(70)71)30(14-23)56-35(62)19-59(6)46(69)33(61-36(63)12-13-37(61)64)17-55-50(73)80-52(3,4)5/h8,11-16,29,33,41-44,48,65-67,75H,7,9-10,17-21H2,1-6H3,(H,55,73)(H,56,62)(H,58,74)(H,70,71)/t29-,33+,41?,42-,43?,44?,48-,53-/m1/s1. The van der Waals surface area contributed by atoms with Crippen LogP contribution in [0.2, 0.25) is 0 Å². The van der Waals surface area contributed by atoms with Gasteiger partial charge in [-0.25, -0.2) is 28.6 Å². The number of carbonyl (C=O) groups is 8. The van der Waals surface area contributed by atoms with Crippen LogP contribution < -0.4 is 26.2 Å². The first-order valence-electron chi connectivity index (χ1n) is 25.2. The summed E-state index contributed by atoms with van der Waals surface area (Å²) in [7, 11) is 1.17. The number of aliphatic hydroxyl groups excluding tert-OH is 3. The Morgan fingerprint density at radius 1 is 0.975 bits per heavy atom. The number of nitrogens with zero attached hydrogens (tertiary/aromatic N) is 4. The summed E-state index contributed by atoms with van der Waals surface area (Å²) in [5.74, 6) is -7.17. The molecular formula is C53H56FN7O19. The summed E-state index contributed by atoms with van der Waals surface area (Å²) in [6.45, 7) is 5.63. The third-order valence-corrected chi connectivity index (χ3v) is 14.4. The van der Waals surface area contributed by atoms with Crippen LogP contribution in [0.25, 0.3) is 22.3 Å². The van der Waals surface area contributed by atoms with Crippen molar-refractivity contribution >= 4 is 64.3 Å². The predicted molar refractivity (Wildman–Crippen MR) is 270 cm³/mol. The van der Waals surface area contributed by atoms with E-state index in [1.807, 2.05) is 0 Å². The van der Waals surface area contributed by atoms with Crippen molar-refractivity contribution in [1.82, 2.24) is 30.0 Å². The summed E-state index contributed by atoms with van der Waals surface area (Å²) in [4.78, 5) is 125. The fourth-order valence-electron chi connectivity index (χ4n) is 10.4. The Morgan fingerprint density at radius 2 is 1.69 bits per heavy atom. The summed E-state index contributed by atoms with van der Waals surface area (Å²) in [5.41, 5.74) is -0.699. The van der Waals surface area contributed by atoms with Gasteiger partial charge in [0, 0.05) is 41.8 Å². The minimum absolute atomic E-state index is 0.0376. The van der Waals surface area contributed by atoms with Gasteiger partial charge in [-0.2, -0.15) is 0 Å². The topological polar surface area (TPSA) is 361 Å². The highest BCUT2D eigenvalue weighted by Gasteiger charge is 2.49. The number of alkyl carbamates (subject to hydrolysis) is 2. The average Bonchev–Trinajstić information content (AvgIpc) is 4.09. The zero-order valence-corrected chi connectivity index (χ0v) is 43.9. The molecule has 1 fully saturated rings. The number of carboxylic acids is 1. The van der Waals surface area contributed by atoms with Gasteiger partial charge >= 0.3 is 24.1 Å². The first kappa shape index (κ1) is 56.4. The minimum atomic E-state index is -2.11. The van der Waals surface area contributed by atoms with Crippen LogP contribution in [0.4, 0.5) is 19.7 Å². The number of imide groups is 1. The third kappa shape index (κ3) is 10.4. The second-order valence-corrected chi connectivity index (χ2v) is 20.8. The van der Waals surface area contributed by atoms with Crippen LogP contribution in [-0.4, -0.2) is 155 Å². The number of carbonyl (C=O) groups excluding carboxylic acids is 7. The van der Waals surface area contributed by atoms with Gasteiger partial charge in [-0.15, -0.1) is 0 Å². The molecule has 8 N–H and O–H groups in total. The Morgan fingerprint density at radius 3 is 2.36 bits per heavy atom. The van der Waals surface area contributed by atoms with Crippen LogP contribution >= 0.6 is 0 Å². The quantitative estimate of drug-likeness (QED) is 0.0435. The summed E-state index contributed by atoms with van der Waals surface area (Å²) in [6, 6.07) is 4.11. The molecule has 1 saturated heterocycles. The number of pyridine rings is 2. The second-order valence-electron chi connectivity index (χ2n) is 20.8. The van der Waals surface area contributed by atoms with Crippen LogP contribution in [0.15, 0.2) is 47.3 Å². The lowest BCUT2D eigenvalue weighted by Crippen LogP contribution is -2.61. The molecule has 0 bridgehead atoms. The molecule has 9 rings (SSSR count). The molecule has 8 atom stereocenters. The molecule has 0 spiro atoms. The molecule has 5 aliphatic rings. The van der Waals surface area contributed by atoms with Gasteiger partial charge in [-0.1, -0.05) is 13.0 Å². The van der Waals surface area contributed by atoms with E-state index < -0.39 is 133 Å². The molecule has 27 heteroatoms. The van der Waals surface area contributed by atoms with E-state index in [9.17, 15) is 68.7 Å². The number of likely N-dealkylation sites (N-methyl/N-ethyl adjacent to an activating group) is 1. The van der Waals surface area contributed by atoms with Crippen LogP contribution in [0, 0.1) is 12.7 Å². The van der Waals surface area contributed by atoms with Crippen LogP contribution in [0.3, 0.4) is 0 Å². The van der Waals surface area contributed by atoms with Gasteiger partial charge in [0.15, 0.2) is 11.7 Å². The lowest BCUT2D eigenvalue weighted by Gasteiger charge is -2.38.